The third-order valence-electron chi connectivity index (χ3n) is 12.5. The zero-order valence-corrected chi connectivity index (χ0v) is 52.2. The minimum Gasteiger partial charge on any atom is -1.00 e. The summed E-state index contributed by atoms with van der Waals surface area (Å²) in [5, 5.41) is -0.860. The summed E-state index contributed by atoms with van der Waals surface area (Å²) in [6.07, 6.45) is 28.1. The maximum Gasteiger partial charge on any atom is 2.00 e. The zero-order chi connectivity index (χ0) is 56.7. The number of benzene rings is 4. The molecule has 420 valence electrons. The molecule has 4 aromatic carbocycles. The van der Waals surface area contributed by atoms with Gasteiger partial charge in [-0.2, -0.15) is 0 Å². The fourth-order valence-corrected chi connectivity index (χ4v) is 8.29. The van der Waals surface area contributed by atoms with Crippen LogP contribution in [0.5, 0.6) is 0 Å². The zero-order valence-electron chi connectivity index (χ0n) is 46.4. The van der Waals surface area contributed by atoms with Gasteiger partial charge in [-0.3, -0.25) is 32.3 Å². The van der Waals surface area contributed by atoms with Crippen molar-refractivity contribution in [3.63, 3.8) is 0 Å². The number of halogens is 4. The van der Waals surface area contributed by atoms with Crippen molar-refractivity contribution in [3.8, 4) is 0 Å². The second-order valence-electron chi connectivity index (χ2n) is 17.7. The van der Waals surface area contributed by atoms with Crippen LogP contribution in [-0.4, -0.2) is 91.8 Å². The fraction of sp³-hybridized carbons (Fsp3) is 0.303. The minimum absolute atomic E-state index is 0. The van der Waals surface area contributed by atoms with E-state index < -0.39 is 16.1 Å². The molecule has 80 heavy (non-hydrogen) atoms. The first-order valence-corrected chi connectivity index (χ1v) is 26.3. The second kappa shape index (κ2) is 48.8. The second-order valence-corrected chi connectivity index (χ2v) is 18.4. The molecule has 0 radical (unpaired) electrons. The maximum atomic E-state index is 12.1. The number of rotatable bonds is 12. The molecule has 0 amide bonds. The molecule has 4 aliphatic carbocycles. The summed E-state index contributed by atoms with van der Waals surface area (Å²) in [6.45, 7) is 36.2. The Kier molecular flexibility index (Phi) is 49.8. The summed E-state index contributed by atoms with van der Waals surface area (Å²) in [7, 11) is 0. The van der Waals surface area contributed by atoms with Gasteiger partial charge in [0.1, 0.15) is 23.3 Å². The Labute approximate surface area is 532 Å². The molecule has 2 unspecified atom stereocenters. The summed E-state index contributed by atoms with van der Waals surface area (Å²) < 4.78 is 11.2. The van der Waals surface area contributed by atoms with Crippen LogP contribution in [0.1, 0.15) is 173 Å². The number of Topliss-reactive ketones (excluding diaryl/α,β-unsaturated/α-hetero) is 2. The van der Waals surface area contributed by atoms with Crippen LogP contribution in [0.4, 0.5) is 0 Å². The molecule has 0 aliphatic heterocycles. The van der Waals surface area contributed by atoms with Crippen molar-refractivity contribution in [2.24, 2.45) is 5.92 Å². The van der Waals surface area contributed by atoms with Crippen LogP contribution in [-0.2, 0) is 19.1 Å². The summed E-state index contributed by atoms with van der Waals surface area (Å²) in [5.74, 6) is 0.702. The number of ether oxygens (including phenoxy) is 2. The number of esters is 2. The number of carbonyl (C=O) groups is 6. The standard InChI is InChI=1S/C17H20O2.C16H18O2.2C9H7ClO.C6H10O.C5H8O.2C2H3.2ClH.2Mg/c1-3-13-9-11-15(12-10-13)17(18)19-16-8-6-5-7-14(16)4-2;1-3-13-7-9-14(10-8-13)15(17)18-16(4-2)11-5-6-12-16;2*1-2-7-3-5-8(6-4-7)9(10)11;7-6-4-2-1-3-5-6;6-5-3-1-2-4-5;2*1-2;;;;/h3-4,9-12,14,16H,1-2,5-8H2;3-4,7-10H,1-2,5-6,11-12H2;2*2-6H,1H2;1-5H2;1-4H2;2*1H,2H2;2*1H;;/q;;;;;;2*-1;;;2*+2/p-2. The smallest absolute Gasteiger partial charge is 1.00 e. The minimum atomic E-state index is -0.450. The van der Waals surface area contributed by atoms with E-state index in [4.69, 9.17) is 32.7 Å². The molecule has 4 fully saturated rings. The van der Waals surface area contributed by atoms with Crippen molar-refractivity contribution in [3.05, 3.63) is 220 Å². The average Bonchev–Trinajstić information content (AvgIpc) is 4.17. The Morgan fingerprint density at radius 3 is 1.06 bits per heavy atom. The van der Waals surface area contributed by atoms with E-state index in [0.29, 0.717) is 39.7 Å². The largest absolute Gasteiger partial charge is 2.00 e. The Hall–Kier alpha value is -4.89. The number of ketones is 2. The SMILES string of the molecule is C=Cc1ccc(C(=O)Cl)cc1.C=Cc1ccc(C(=O)Cl)cc1.C=Cc1ccc(C(=O)OC2(C=C)CCCC2)cc1.C=Cc1ccc(C(=O)OC2CCCCC2C=C)cc1.O=C1CCCC1.O=C1CCCCC1.[CH-]=C.[CH-]=C.[Cl-].[Cl-].[Mg+2].[Mg+2]. The Bertz CT molecular complexity index is 2410. The van der Waals surface area contributed by atoms with Crippen LogP contribution < -0.4 is 24.8 Å². The van der Waals surface area contributed by atoms with Gasteiger partial charge in [0, 0.05) is 42.7 Å². The predicted molar refractivity (Wildman–Crippen MR) is 328 cm³/mol. The molecule has 0 heterocycles. The van der Waals surface area contributed by atoms with Gasteiger partial charge >= 0.3 is 58.0 Å². The van der Waals surface area contributed by atoms with E-state index in [-0.39, 0.29) is 89.0 Å². The first kappa shape index (κ1) is 81.6. The molecular weight excluding hydrogens is 1110 g/mol. The monoisotopic (exact) mass is 1180 g/mol. The van der Waals surface area contributed by atoms with Gasteiger partial charge in [-0.1, -0.05) is 125 Å². The first-order valence-electron chi connectivity index (χ1n) is 25.6. The van der Waals surface area contributed by atoms with Gasteiger partial charge in [-0.25, -0.2) is 9.59 Å². The molecule has 0 spiro atoms. The molecule has 0 saturated heterocycles. The van der Waals surface area contributed by atoms with Gasteiger partial charge in [0.05, 0.1) is 11.1 Å². The summed E-state index contributed by atoms with van der Waals surface area (Å²) in [4.78, 5) is 66.0. The summed E-state index contributed by atoms with van der Waals surface area (Å²) >= 11 is 10.5. The molecule has 2 atom stereocenters. The van der Waals surface area contributed by atoms with E-state index in [1.54, 1.807) is 103 Å². The van der Waals surface area contributed by atoms with Gasteiger partial charge in [-0.15, -0.1) is 6.58 Å². The van der Waals surface area contributed by atoms with Crippen LogP contribution in [0.25, 0.3) is 24.3 Å². The Morgan fingerprint density at radius 2 is 0.775 bits per heavy atom. The molecule has 0 bridgehead atoms. The van der Waals surface area contributed by atoms with Crippen LogP contribution >= 0.6 is 23.2 Å². The van der Waals surface area contributed by atoms with Gasteiger partial charge in [0.15, 0.2) is 0 Å². The molecule has 0 aromatic heterocycles. The van der Waals surface area contributed by atoms with Crippen LogP contribution in [0.3, 0.4) is 0 Å². The molecule has 4 aromatic rings. The molecular formula is C66H76Cl4Mg2O8. The van der Waals surface area contributed by atoms with Crippen molar-refractivity contribution >= 4 is 128 Å². The third-order valence-corrected chi connectivity index (χ3v) is 13.0. The molecule has 8 rings (SSSR count). The van der Waals surface area contributed by atoms with Crippen LogP contribution in [0.2, 0.25) is 0 Å². The van der Waals surface area contributed by atoms with E-state index in [1.165, 1.54) is 12.8 Å². The van der Waals surface area contributed by atoms with Crippen LogP contribution in [0, 0.1) is 19.1 Å². The quantitative estimate of drug-likeness (QED) is 0.0452. The van der Waals surface area contributed by atoms with E-state index in [9.17, 15) is 28.8 Å². The van der Waals surface area contributed by atoms with Gasteiger partial charge in [0.2, 0.25) is 0 Å². The van der Waals surface area contributed by atoms with E-state index in [0.717, 1.165) is 119 Å². The van der Waals surface area contributed by atoms with Crippen molar-refractivity contribution in [1.82, 2.24) is 0 Å². The van der Waals surface area contributed by atoms with Crippen molar-refractivity contribution in [2.75, 3.05) is 0 Å². The summed E-state index contributed by atoms with van der Waals surface area (Å²) in [5.41, 5.74) is 5.69. The van der Waals surface area contributed by atoms with E-state index >= 15 is 0 Å². The number of carbonyl (C=O) groups excluding carboxylic acids is 6. The molecule has 14 heteroatoms. The number of hydrogen-bond acceptors (Lipinski definition) is 8. The van der Waals surface area contributed by atoms with Gasteiger partial charge < -0.3 is 47.4 Å². The number of hydrogen-bond donors (Lipinski definition) is 0. The topological polar surface area (TPSA) is 121 Å². The van der Waals surface area contributed by atoms with E-state index in [1.807, 2.05) is 30.3 Å². The Balaban J connectivity index is -0.000000439. The third kappa shape index (κ3) is 32.5. The summed E-state index contributed by atoms with van der Waals surface area (Å²) in [6, 6.07) is 28.4. The van der Waals surface area contributed by atoms with Crippen molar-refractivity contribution in [2.45, 2.75) is 121 Å². The normalized spacial score (nSPS) is 15.5. The molecule has 8 nitrogen and oxygen atoms in total. The van der Waals surface area contributed by atoms with Crippen LogP contribution in [0.15, 0.2) is 162 Å². The fourth-order valence-electron chi connectivity index (χ4n) is 8.04. The van der Waals surface area contributed by atoms with E-state index in [2.05, 4.69) is 65.8 Å². The van der Waals surface area contributed by atoms with Gasteiger partial charge in [-0.05, 0) is 171 Å². The molecule has 4 saturated carbocycles. The predicted octanol–water partition coefficient (Wildman–Crippen LogP) is 10.7. The maximum absolute atomic E-state index is 12.1. The molecule has 0 N–H and O–H groups in total. The van der Waals surface area contributed by atoms with Crippen molar-refractivity contribution < 1.29 is 63.1 Å². The molecule has 4 aliphatic rings. The van der Waals surface area contributed by atoms with Gasteiger partial charge in [0.25, 0.3) is 10.5 Å². The van der Waals surface area contributed by atoms with Crippen molar-refractivity contribution in [1.29, 1.82) is 0 Å². The Morgan fingerprint density at radius 1 is 0.463 bits per heavy atom. The first-order chi connectivity index (χ1) is 36.7. The average molecular weight is 1190 g/mol.